The molecule has 0 aliphatic rings. The van der Waals surface area contributed by atoms with Crippen molar-refractivity contribution < 1.29 is 27.4 Å². The van der Waals surface area contributed by atoms with E-state index in [9.17, 15) is 18.0 Å². The smallest absolute Gasteiger partial charge is 0.465 e. The van der Waals surface area contributed by atoms with Crippen molar-refractivity contribution in [2.24, 2.45) is 0 Å². The van der Waals surface area contributed by atoms with Crippen molar-refractivity contribution in [3.8, 4) is 16.9 Å². The molecule has 0 saturated heterocycles. The zero-order chi connectivity index (χ0) is 16.3. The molecule has 0 aromatic heterocycles. The topological polar surface area (TPSA) is 35.5 Å². The van der Waals surface area contributed by atoms with Gasteiger partial charge < -0.3 is 9.47 Å². The van der Waals surface area contributed by atoms with Crippen molar-refractivity contribution >= 4 is 17.6 Å². The van der Waals surface area contributed by atoms with Gasteiger partial charge in [0.05, 0.1) is 17.7 Å². The minimum absolute atomic E-state index is 0.104. The second-order valence-corrected chi connectivity index (χ2v) is 4.67. The number of esters is 1. The van der Waals surface area contributed by atoms with Crippen LogP contribution in [0.2, 0.25) is 5.02 Å². The van der Waals surface area contributed by atoms with Crippen molar-refractivity contribution in [3.63, 3.8) is 0 Å². The summed E-state index contributed by atoms with van der Waals surface area (Å²) in [6, 6.07) is 9.99. The van der Waals surface area contributed by atoms with Crippen LogP contribution in [0.4, 0.5) is 13.2 Å². The first-order valence-electron chi connectivity index (χ1n) is 6.04. The van der Waals surface area contributed by atoms with Gasteiger partial charge >= 0.3 is 12.3 Å². The molecule has 3 nitrogen and oxygen atoms in total. The summed E-state index contributed by atoms with van der Waals surface area (Å²) in [5.41, 5.74) is 1.53. The van der Waals surface area contributed by atoms with Gasteiger partial charge in [0.2, 0.25) is 0 Å². The zero-order valence-corrected chi connectivity index (χ0v) is 12.0. The molecule has 0 aliphatic heterocycles. The Labute approximate surface area is 129 Å². The standard InChI is InChI=1S/C15H10ClF3O3/c1-21-14(20)10-4-2-9(3-5-10)12-7-6-11(8-13(12)16)22-15(17,18)19/h2-8H,1H3. The van der Waals surface area contributed by atoms with Gasteiger partial charge in [-0.2, -0.15) is 0 Å². The molecule has 0 spiro atoms. The largest absolute Gasteiger partial charge is 0.573 e. The molecule has 116 valence electrons. The molecule has 0 radical (unpaired) electrons. The number of halogens is 4. The maximum Gasteiger partial charge on any atom is 0.573 e. The van der Waals surface area contributed by atoms with Crippen molar-refractivity contribution in [2.75, 3.05) is 7.11 Å². The third-order valence-corrected chi connectivity index (χ3v) is 3.10. The first kappa shape index (κ1) is 16.2. The fourth-order valence-electron chi connectivity index (χ4n) is 1.83. The lowest BCUT2D eigenvalue weighted by Crippen LogP contribution is -2.17. The molecule has 0 aliphatic carbocycles. The minimum atomic E-state index is -4.77. The summed E-state index contributed by atoms with van der Waals surface area (Å²) in [5.74, 6) is -0.876. The number of benzene rings is 2. The number of hydrogen-bond donors (Lipinski definition) is 0. The maximum absolute atomic E-state index is 12.1. The number of alkyl halides is 3. The van der Waals surface area contributed by atoms with Gasteiger partial charge in [-0.1, -0.05) is 23.7 Å². The molecule has 0 N–H and O–H groups in total. The second kappa shape index (κ2) is 6.27. The quantitative estimate of drug-likeness (QED) is 0.766. The van der Waals surface area contributed by atoms with Crippen molar-refractivity contribution in [3.05, 3.63) is 53.1 Å². The molecule has 7 heteroatoms. The highest BCUT2D eigenvalue weighted by atomic mass is 35.5. The van der Waals surface area contributed by atoms with E-state index in [4.69, 9.17) is 11.6 Å². The summed E-state index contributed by atoms with van der Waals surface area (Å²) in [6.45, 7) is 0. The van der Waals surface area contributed by atoms with Crippen LogP contribution < -0.4 is 4.74 Å². The van der Waals surface area contributed by atoms with Crippen LogP contribution >= 0.6 is 11.6 Å². The van der Waals surface area contributed by atoms with E-state index in [1.54, 1.807) is 12.1 Å². The number of methoxy groups -OCH3 is 1. The Morgan fingerprint density at radius 1 is 1.09 bits per heavy atom. The Morgan fingerprint density at radius 2 is 1.73 bits per heavy atom. The van der Waals surface area contributed by atoms with E-state index in [1.807, 2.05) is 0 Å². The third kappa shape index (κ3) is 3.92. The van der Waals surface area contributed by atoms with E-state index in [2.05, 4.69) is 9.47 Å². The highest BCUT2D eigenvalue weighted by Gasteiger charge is 2.31. The van der Waals surface area contributed by atoms with E-state index < -0.39 is 18.1 Å². The monoisotopic (exact) mass is 330 g/mol. The Morgan fingerprint density at radius 3 is 2.23 bits per heavy atom. The first-order valence-corrected chi connectivity index (χ1v) is 6.42. The molecule has 2 rings (SSSR count). The highest BCUT2D eigenvalue weighted by molar-refractivity contribution is 6.33. The summed E-state index contributed by atoms with van der Waals surface area (Å²) in [7, 11) is 1.27. The van der Waals surface area contributed by atoms with Crippen molar-refractivity contribution in [2.45, 2.75) is 6.36 Å². The zero-order valence-electron chi connectivity index (χ0n) is 11.3. The van der Waals surface area contributed by atoms with Crippen LogP contribution in [-0.2, 0) is 4.74 Å². The summed E-state index contributed by atoms with van der Waals surface area (Å²) in [5, 5.41) is 0.104. The molecule has 0 bridgehead atoms. The lowest BCUT2D eigenvalue weighted by molar-refractivity contribution is -0.274. The SMILES string of the molecule is COC(=O)c1ccc(-c2ccc(OC(F)(F)F)cc2Cl)cc1. The summed E-state index contributed by atoms with van der Waals surface area (Å²) >= 11 is 5.98. The van der Waals surface area contributed by atoms with Gasteiger partial charge in [-0.3, -0.25) is 0 Å². The van der Waals surface area contributed by atoms with Crippen LogP contribution in [0.25, 0.3) is 11.1 Å². The fraction of sp³-hybridized carbons (Fsp3) is 0.133. The summed E-state index contributed by atoms with van der Waals surface area (Å²) < 4.78 is 44.8. The molecule has 2 aromatic rings. The Balaban J connectivity index is 2.27. The molecule has 0 unspecified atom stereocenters. The number of hydrogen-bond acceptors (Lipinski definition) is 3. The molecule has 22 heavy (non-hydrogen) atoms. The number of ether oxygens (including phenoxy) is 2. The molecule has 0 atom stereocenters. The lowest BCUT2D eigenvalue weighted by Gasteiger charge is -2.11. The Kier molecular flexibility index (Phi) is 4.61. The molecule has 0 saturated carbocycles. The van der Waals surface area contributed by atoms with Crippen molar-refractivity contribution in [1.29, 1.82) is 0 Å². The van der Waals surface area contributed by atoms with Gasteiger partial charge in [0, 0.05) is 5.56 Å². The van der Waals surface area contributed by atoms with Gasteiger partial charge in [0.15, 0.2) is 0 Å². The maximum atomic E-state index is 12.1. The van der Waals surface area contributed by atoms with E-state index in [-0.39, 0.29) is 5.02 Å². The Hall–Kier alpha value is -2.21. The van der Waals surface area contributed by atoms with Crippen molar-refractivity contribution in [1.82, 2.24) is 0 Å². The fourth-order valence-corrected chi connectivity index (χ4v) is 2.11. The first-order chi connectivity index (χ1) is 10.3. The number of carbonyl (C=O) groups is 1. The lowest BCUT2D eigenvalue weighted by atomic mass is 10.0. The van der Waals surface area contributed by atoms with Crippen LogP contribution in [0.15, 0.2) is 42.5 Å². The normalized spacial score (nSPS) is 11.1. The van der Waals surface area contributed by atoms with Gasteiger partial charge in [-0.15, -0.1) is 13.2 Å². The second-order valence-electron chi connectivity index (χ2n) is 4.26. The van der Waals surface area contributed by atoms with Gasteiger partial charge in [-0.25, -0.2) is 4.79 Å². The summed E-state index contributed by atoms with van der Waals surface area (Å²) in [4.78, 5) is 11.3. The van der Waals surface area contributed by atoms with Crippen LogP contribution in [0.5, 0.6) is 5.75 Å². The number of rotatable bonds is 3. The molecule has 0 heterocycles. The van der Waals surface area contributed by atoms with Gasteiger partial charge in [-0.05, 0) is 35.9 Å². The van der Waals surface area contributed by atoms with E-state index >= 15 is 0 Å². The van der Waals surface area contributed by atoms with Crippen LogP contribution in [0.1, 0.15) is 10.4 Å². The molecule has 0 amide bonds. The van der Waals surface area contributed by atoms with E-state index in [0.29, 0.717) is 16.7 Å². The van der Waals surface area contributed by atoms with E-state index in [1.165, 1.54) is 31.4 Å². The number of carbonyl (C=O) groups excluding carboxylic acids is 1. The van der Waals surface area contributed by atoms with Gasteiger partial charge in [0.25, 0.3) is 0 Å². The minimum Gasteiger partial charge on any atom is -0.465 e. The average molecular weight is 331 g/mol. The van der Waals surface area contributed by atoms with Gasteiger partial charge in [0.1, 0.15) is 5.75 Å². The predicted molar refractivity (Wildman–Crippen MR) is 74.9 cm³/mol. The molecular formula is C15H10ClF3O3. The van der Waals surface area contributed by atoms with Crippen LogP contribution in [0.3, 0.4) is 0 Å². The molecular weight excluding hydrogens is 321 g/mol. The highest BCUT2D eigenvalue weighted by Crippen LogP contribution is 2.33. The van der Waals surface area contributed by atoms with Crippen LogP contribution in [-0.4, -0.2) is 19.4 Å². The van der Waals surface area contributed by atoms with Crippen LogP contribution in [0, 0.1) is 0 Å². The average Bonchev–Trinajstić information content (AvgIpc) is 2.45. The predicted octanol–water partition coefficient (Wildman–Crippen LogP) is 4.69. The Bertz CT molecular complexity index is 681. The molecule has 0 fully saturated rings. The summed E-state index contributed by atoms with van der Waals surface area (Å²) in [6.07, 6.45) is -4.77. The third-order valence-electron chi connectivity index (χ3n) is 2.79. The molecule has 2 aromatic carbocycles. The van der Waals surface area contributed by atoms with E-state index in [0.717, 1.165) is 6.07 Å².